The second kappa shape index (κ2) is 5.61. The van der Waals surface area contributed by atoms with Crippen LogP contribution < -0.4 is 15.8 Å². The summed E-state index contributed by atoms with van der Waals surface area (Å²) in [5, 5.41) is 3.24. The van der Waals surface area contributed by atoms with Crippen molar-refractivity contribution in [3.63, 3.8) is 0 Å². The largest absolute Gasteiger partial charge is 0.473 e. The highest BCUT2D eigenvalue weighted by molar-refractivity contribution is 5.66. The van der Waals surface area contributed by atoms with E-state index in [1.54, 1.807) is 7.11 Å². The molecule has 1 aromatic heterocycles. The molecule has 0 amide bonds. The fraction of sp³-hybridized carbons (Fsp3) is 0.692. The molecule has 0 atom stereocenters. The summed E-state index contributed by atoms with van der Waals surface area (Å²) in [5.41, 5.74) is 6.38. The number of ether oxygens (including phenoxy) is 2. The lowest BCUT2D eigenvalue weighted by molar-refractivity contribution is -0.0601. The topological polar surface area (TPSA) is 82.3 Å². The van der Waals surface area contributed by atoms with Crippen LogP contribution in [0.25, 0.3) is 0 Å². The molecule has 19 heavy (non-hydrogen) atoms. The van der Waals surface area contributed by atoms with Crippen LogP contribution >= 0.6 is 0 Å². The number of nitrogens with two attached hydrogens (primary N) is 1. The summed E-state index contributed by atoms with van der Waals surface area (Å²) in [6.45, 7) is 4.57. The summed E-state index contributed by atoms with van der Waals surface area (Å²) >= 11 is 0. The number of methoxy groups -OCH3 is 1. The molecule has 0 unspecified atom stereocenters. The third-order valence-electron chi connectivity index (χ3n) is 3.47. The van der Waals surface area contributed by atoms with Crippen LogP contribution in [-0.4, -0.2) is 35.3 Å². The van der Waals surface area contributed by atoms with Gasteiger partial charge in [0, 0.05) is 13.7 Å². The summed E-state index contributed by atoms with van der Waals surface area (Å²) in [6.07, 6.45) is 4.82. The molecule has 1 aromatic rings. The van der Waals surface area contributed by atoms with Crippen LogP contribution in [0.5, 0.6) is 5.88 Å². The van der Waals surface area contributed by atoms with Crippen molar-refractivity contribution in [2.24, 2.45) is 0 Å². The average molecular weight is 266 g/mol. The maximum absolute atomic E-state index is 6.01. The van der Waals surface area contributed by atoms with Gasteiger partial charge in [0.1, 0.15) is 12.0 Å². The molecule has 0 saturated heterocycles. The predicted molar refractivity (Wildman–Crippen MR) is 74.3 cm³/mol. The number of rotatable bonds is 6. The van der Waals surface area contributed by atoms with Gasteiger partial charge in [0.05, 0.1) is 11.7 Å². The Balaban J connectivity index is 2.04. The van der Waals surface area contributed by atoms with Crippen LogP contribution in [0.4, 0.5) is 11.5 Å². The number of anilines is 2. The second-order valence-corrected chi connectivity index (χ2v) is 5.20. The minimum atomic E-state index is -0.0730. The van der Waals surface area contributed by atoms with E-state index in [-0.39, 0.29) is 11.7 Å². The molecule has 1 heterocycles. The van der Waals surface area contributed by atoms with Gasteiger partial charge in [-0.2, -0.15) is 4.98 Å². The van der Waals surface area contributed by atoms with Gasteiger partial charge in [0.2, 0.25) is 5.88 Å². The maximum Gasteiger partial charge on any atom is 0.242 e. The first-order valence-corrected chi connectivity index (χ1v) is 6.62. The smallest absolute Gasteiger partial charge is 0.242 e. The minimum absolute atomic E-state index is 0.0296. The first-order chi connectivity index (χ1) is 9.06. The van der Waals surface area contributed by atoms with Gasteiger partial charge in [-0.15, -0.1) is 0 Å². The molecule has 3 N–H and O–H groups in total. The molecule has 1 aliphatic carbocycles. The molecule has 1 fully saturated rings. The van der Waals surface area contributed by atoms with Gasteiger partial charge >= 0.3 is 0 Å². The van der Waals surface area contributed by atoms with Crippen LogP contribution in [0.3, 0.4) is 0 Å². The van der Waals surface area contributed by atoms with E-state index in [0.29, 0.717) is 23.9 Å². The first kappa shape index (κ1) is 13.9. The van der Waals surface area contributed by atoms with E-state index >= 15 is 0 Å². The lowest BCUT2D eigenvalue weighted by Gasteiger charge is -2.40. The average Bonchev–Trinajstić information content (AvgIpc) is 2.32. The van der Waals surface area contributed by atoms with Crippen LogP contribution in [0, 0.1) is 0 Å². The summed E-state index contributed by atoms with van der Waals surface area (Å²) in [6, 6.07) is 0. The van der Waals surface area contributed by atoms with Crippen molar-refractivity contribution in [3.8, 4) is 5.88 Å². The third-order valence-corrected chi connectivity index (χ3v) is 3.47. The van der Waals surface area contributed by atoms with Crippen molar-refractivity contribution in [2.45, 2.75) is 44.8 Å². The summed E-state index contributed by atoms with van der Waals surface area (Å²) in [7, 11) is 1.75. The second-order valence-electron chi connectivity index (χ2n) is 5.20. The lowest BCUT2D eigenvalue weighted by atomic mass is 9.80. The number of hydrogen-bond donors (Lipinski definition) is 2. The van der Waals surface area contributed by atoms with E-state index in [0.717, 1.165) is 12.8 Å². The fourth-order valence-corrected chi connectivity index (χ4v) is 2.11. The van der Waals surface area contributed by atoms with Crippen LogP contribution in [0.15, 0.2) is 6.33 Å². The number of nitrogens with zero attached hydrogens (tertiary/aromatic N) is 2. The van der Waals surface area contributed by atoms with Crippen molar-refractivity contribution in [1.29, 1.82) is 0 Å². The Kier molecular flexibility index (Phi) is 4.09. The van der Waals surface area contributed by atoms with Gasteiger partial charge in [-0.25, -0.2) is 4.98 Å². The number of hydrogen-bond acceptors (Lipinski definition) is 6. The molecule has 6 nitrogen and oxygen atoms in total. The molecule has 0 radical (unpaired) electrons. The normalized spacial score (nSPS) is 17.1. The highest BCUT2D eigenvalue weighted by atomic mass is 16.5. The SMILES string of the molecule is COC1(CNc2ncnc(OC(C)C)c2N)CCC1. The number of nitrogens with one attached hydrogen (secondary N) is 1. The van der Waals surface area contributed by atoms with E-state index in [9.17, 15) is 0 Å². The van der Waals surface area contributed by atoms with Crippen molar-refractivity contribution in [1.82, 2.24) is 9.97 Å². The van der Waals surface area contributed by atoms with Gasteiger partial charge in [-0.05, 0) is 33.1 Å². The molecule has 1 saturated carbocycles. The van der Waals surface area contributed by atoms with Crippen molar-refractivity contribution >= 4 is 11.5 Å². The van der Waals surface area contributed by atoms with Gasteiger partial charge < -0.3 is 20.5 Å². The van der Waals surface area contributed by atoms with E-state index in [1.807, 2.05) is 13.8 Å². The highest BCUT2D eigenvalue weighted by Gasteiger charge is 2.37. The van der Waals surface area contributed by atoms with Gasteiger partial charge in [-0.1, -0.05) is 0 Å². The molecule has 0 bridgehead atoms. The molecule has 1 aliphatic rings. The van der Waals surface area contributed by atoms with Crippen LogP contribution in [0.2, 0.25) is 0 Å². The summed E-state index contributed by atoms with van der Waals surface area (Å²) in [5.74, 6) is 1.03. The van der Waals surface area contributed by atoms with Gasteiger partial charge in [0.15, 0.2) is 5.82 Å². The quantitative estimate of drug-likeness (QED) is 0.817. The molecule has 2 rings (SSSR count). The Labute approximate surface area is 113 Å². The zero-order valence-electron chi connectivity index (χ0n) is 11.8. The monoisotopic (exact) mass is 266 g/mol. The maximum atomic E-state index is 6.01. The number of aromatic nitrogens is 2. The van der Waals surface area contributed by atoms with E-state index in [2.05, 4.69) is 15.3 Å². The van der Waals surface area contributed by atoms with Crippen molar-refractivity contribution in [2.75, 3.05) is 24.7 Å². The molecule has 0 aromatic carbocycles. The third kappa shape index (κ3) is 3.07. The molecule has 6 heteroatoms. The Bertz CT molecular complexity index is 427. The summed E-state index contributed by atoms with van der Waals surface area (Å²) in [4.78, 5) is 8.21. The predicted octanol–water partition coefficient (Wildman–Crippen LogP) is 1.83. The molecule has 0 aliphatic heterocycles. The van der Waals surface area contributed by atoms with E-state index < -0.39 is 0 Å². The van der Waals surface area contributed by atoms with E-state index in [1.165, 1.54) is 12.7 Å². The Morgan fingerprint density at radius 3 is 2.68 bits per heavy atom. The minimum Gasteiger partial charge on any atom is -0.473 e. The first-order valence-electron chi connectivity index (χ1n) is 6.62. The molecular formula is C13H22N4O2. The van der Waals surface area contributed by atoms with Crippen LogP contribution in [0.1, 0.15) is 33.1 Å². The molecular weight excluding hydrogens is 244 g/mol. The summed E-state index contributed by atoms with van der Waals surface area (Å²) < 4.78 is 11.1. The zero-order chi connectivity index (χ0) is 13.9. The van der Waals surface area contributed by atoms with Gasteiger partial charge in [0.25, 0.3) is 0 Å². The van der Waals surface area contributed by atoms with Crippen molar-refractivity contribution < 1.29 is 9.47 Å². The zero-order valence-corrected chi connectivity index (χ0v) is 11.8. The molecule has 0 spiro atoms. The standard InChI is InChI=1S/C13H22N4O2/c1-9(2)19-12-10(14)11(16-8-17-12)15-7-13(18-3)5-4-6-13/h8-9H,4-7,14H2,1-3H3,(H,15,16,17). The van der Waals surface area contributed by atoms with Crippen LogP contribution in [-0.2, 0) is 4.74 Å². The molecule has 106 valence electrons. The van der Waals surface area contributed by atoms with Gasteiger partial charge in [-0.3, -0.25) is 0 Å². The Morgan fingerprint density at radius 1 is 1.42 bits per heavy atom. The fourth-order valence-electron chi connectivity index (χ4n) is 2.11. The lowest BCUT2D eigenvalue weighted by Crippen LogP contribution is -2.45. The number of nitrogen functional groups attached to an aromatic ring is 1. The Hall–Kier alpha value is -1.56. The van der Waals surface area contributed by atoms with E-state index in [4.69, 9.17) is 15.2 Å². The Morgan fingerprint density at radius 2 is 2.16 bits per heavy atom. The van der Waals surface area contributed by atoms with Crippen molar-refractivity contribution in [3.05, 3.63) is 6.33 Å². The highest BCUT2D eigenvalue weighted by Crippen LogP contribution is 2.35.